The van der Waals surface area contributed by atoms with Gasteiger partial charge < -0.3 is 35.4 Å². The molecule has 0 spiro atoms. The van der Waals surface area contributed by atoms with Gasteiger partial charge in [0.15, 0.2) is 5.79 Å². The highest BCUT2D eigenvalue weighted by atomic mass is 16.7. The van der Waals surface area contributed by atoms with E-state index in [0.29, 0.717) is 6.42 Å². The summed E-state index contributed by atoms with van der Waals surface area (Å²) >= 11 is 0. The molecule has 1 aliphatic rings. The van der Waals surface area contributed by atoms with E-state index in [2.05, 4.69) is 0 Å². The molecule has 1 fully saturated rings. The summed E-state index contributed by atoms with van der Waals surface area (Å²) in [6, 6.07) is 0. The first-order chi connectivity index (χ1) is 9.35. The molecule has 6 N–H and O–H groups in total. The zero-order chi connectivity index (χ0) is 15.3. The zero-order valence-electron chi connectivity index (χ0n) is 11.7. The smallest absolute Gasteiger partial charge is 0.197 e. The topological polar surface area (TPSA) is 131 Å². The van der Waals surface area contributed by atoms with Crippen LogP contribution in [-0.4, -0.2) is 73.6 Å². The third-order valence-electron chi connectivity index (χ3n) is 3.72. The van der Waals surface area contributed by atoms with Gasteiger partial charge >= 0.3 is 0 Å². The van der Waals surface area contributed by atoms with Gasteiger partial charge in [-0.15, -0.1) is 0 Å². The summed E-state index contributed by atoms with van der Waals surface area (Å²) in [4.78, 5) is 0. The summed E-state index contributed by atoms with van der Waals surface area (Å²) in [6.45, 7) is 1.41. The number of aliphatic hydroxyl groups is 6. The molecule has 1 saturated heterocycles. The molecule has 7 nitrogen and oxygen atoms in total. The van der Waals surface area contributed by atoms with Crippen LogP contribution in [0, 0.1) is 0 Å². The third kappa shape index (κ3) is 4.11. The van der Waals surface area contributed by atoms with Gasteiger partial charge in [0.2, 0.25) is 0 Å². The normalized spacial score (nSPS) is 39.8. The average Bonchev–Trinajstić information content (AvgIpc) is 2.41. The van der Waals surface area contributed by atoms with Crippen molar-refractivity contribution in [2.45, 2.75) is 75.3 Å². The predicted octanol–water partition coefficient (Wildman–Crippen LogP) is -1.52. The Morgan fingerprint density at radius 3 is 2.35 bits per heavy atom. The Hall–Kier alpha value is -0.280. The molecule has 0 aliphatic carbocycles. The van der Waals surface area contributed by atoms with Gasteiger partial charge in [0.25, 0.3) is 0 Å². The Morgan fingerprint density at radius 2 is 1.80 bits per heavy atom. The molecule has 20 heavy (non-hydrogen) atoms. The van der Waals surface area contributed by atoms with E-state index in [-0.39, 0.29) is 6.42 Å². The summed E-state index contributed by atoms with van der Waals surface area (Å²) in [6.07, 6.45) is -4.13. The van der Waals surface area contributed by atoms with Crippen molar-refractivity contribution in [1.29, 1.82) is 0 Å². The van der Waals surface area contributed by atoms with Crippen molar-refractivity contribution in [2.24, 2.45) is 0 Å². The highest BCUT2D eigenvalue weighted by molar-refractivity contribution is 4.96. The fourth-order valence-electron chi connectivity index (χ4n) is 2.46. The molecule has 0 aromatic carbocycles. The summed E-state index contributed by atoms with van der Waals surface area (Å²) in [5.74, 6) is -2.18. The lowest BCUT2D eigenvalue weighted by molar-refractivity contribution is -0.355. The molecule has 0 amide bonds. The molecule has 120 valence electrons. The highest BCUT2D eigenvalue weighted by Gasteiger charge is 2.53. The van der Waals surface area contributed by atoms with Crippen molar-refractivity contribution in [1.82, 2.24) is 0 Å². The van der Waals surface area contributed by atoms with Gasteiger partial charge in [-0.3, -0.25) is 0 Å². The Balaban J connectivity index is 2.64. The lowest BCUT2D eigenvalue weighted by Crippen LogP contribution is -2.65. The number of hydrogen-bond donors (Lipinski definition) is 6. The number of unbranched alkanes of at least 4 members (excludes halogenated alkanes) is 2. The summed E-state index contributed by atoms with van der Waals surface area (Å²) in [5.41, 5.74) is 0. The lowest BCUT2D eigenvalue weighted by Gasteiger charge is -2.46. The molecule has 1 rings (SSSR count). The summed E-state index contributed by atoms with van der Waals surface area (Å²) < 4.78 is 5.08. The number of aliphatic hydroxyl groups excluding tert-OH is 5. The second kappa shape index (κ2) is 7.65. The first kappa shape index (κ1) is 17.8. The van der Waals surface area contributed by atoms with Crippen molar-refractivity contribution in [3.63, 3.8) is 0 Å². The van der Waals surface area contributed by atoms with E-state index in [1.165, 1.54) is 0 Å². The minimum absolute atomic E-state index is 0.293. The first-order valence-electron chi connectivity index (χ1n) is 7.09. The molecule has 0 aromatic rings. The first-order valence-corrected chi connectivity index (χ1v) is 7.09. The Morgan fingerprint density at radius 1 is 1.15 bits per heavy atom. The van der Waals surface area contributed by atoms with E-state index in [9.17, 15) is 25.5 Å². The van der Waals surface area contributed by atoms with Crippen LogP contribution in [0.15, 0.2) is 0 Å². The monoisotopic (exact) mass is 294 g/mol. The van der Waals surface area contributed by atoms with E-state index in [4.69, 9.17) is 9.84 Å². The van der Waals surface area contributed by atoms with Crippen LogP contribution in [0.4, 0.5) is 0 Å². The van der Waals surface area contributed by atoms with E-state index in [1.54, 1.807) is 0 Å². The van der Waals surface area contributed by atoms with Crippen LogP contribution >= 0.6 is 0 Å². The van der Waals surface area contributed by atoms with Gasteiger partial charge in [0, 0.05) is 6.42 Å². The molecule has 6 atom stereocenters. The van der Waals surface area contributed by atoms with Crippen LogP contribution in [0.25, 0.3) is 0 Å². The Labute approximate surface area is 118 Å². The summed E-state index contributed by atoms with van der Waals surface area (Å²) in [7, 11) is 0. The van der Waals surface area contributed by atoms with Crippen molar-refractivity contribution < 1.29 is 35.4 Å². The van der Waals surface area contributed by atoms with Crippen molar-refractivity contribution >= 4 is 0 Å². The minimum atomic E-state index is -2.18. The summed E-state index contributed by atoms with van der Waals surface area (Å²) in [5, 5.41) is 58.2. The molecule has 0 saturated carbocycles. The Bertz CT molecular complexity index is 286. The quantitative estimate of drug-likeness (QED) is 0.314. The van der Waals surface area contributed by atoms with Crippen LogP contribution in [0.3, 0.4) is 0 Å². The largest absolute Gasteiger partial charge is 0.394 e. The highest BCUT2D eigenvalue weighted by Crippen LogP contribution is 2.32. The molecular weight excluding hydrogens is 268 g/mol. The standard InChI is InChI=1S/C13H26O7/c1-2-3-4-5-8(15)6-13(19)12(18)11(17)10(16)9(7-14)20-13/h8-12,14-19H,2-7H2,1H3/t8?,9-,10-,11+,12+,13+/m1/s1. The van der Waals surface area contributed by atoms with Crippen LogP contribution in [0.2, 0.25) is 0 Å². The van der Waals surface area contributed by atoms with Gasteiger partial charge in [0.1, 0.15) is 24.4 Å². The fraction of sp³-hybridized carbons (Fsp3) is 1.00. The third-order valence-corrected chi connectivity index (χ3v) is 3.72. The van der Waals surface area contributed by atoms with Gasteiger partial charge in [-0.1, -0.05) is 26.2 Å². The molecule has 0 aromatic heterocycles. The van der Waals surface area contributed by atoms with Crippen LogP contribution < -0.4 is 0 Å². The van der Waals surface area contributed by atoms with Gasteiger partial charge in [0.05, 0.1) is 12.7 Å². The number of hydrogen-bond acceptors (Lipinski definition) is 7. The van der Waals surface area contributed by atoms with Gasteiger partial charge in [-0.05, 0) is 6.42 Å². The second-order valence-corrected chi connectivity index (χ2v) is 5.46. The average molecular weight is 294 g/mol. The molecule has 0 radical (unpaired) electrons. The second-order valence-electron chi connectivity index (χ2n) is 5.46. The fourth-order valence-corrected chi connectivity index (χ4v) is 2.46. The maximum Gasteiger partial charge on any atom is 0.197 e. The van der Waals surface area contributed by atoms with E-state index in [0.717, 1.165) is 19.3 Å². The van der Waals surface area contributed by atoms with Crippen molar-refractivity contribution in [3.8, 4) is 0 Å². The molecule has 7 heteroatoms. The Kier molecular flexibility index (Phi) is 6.80. The number of ether oxygens (including phenoxy) is 1. The molecule has 1 heterocycles. The van der Waals surface area contributed by atoms with Gasteiger partial charge in [-0.25, -0.2) is 0 Å². The molecule has 0 bridgehead atoms. The van der Waals surface area contributed by atoms with E-state index >= 15 is 0 Å². The molecule has 1 unspecified atom stereocenters. The maximum atomic E-state index is 10.2. The SMILES string of the molecule is CCCCCC(O)C[C@]1(O)O[C@H](CO)[C@@H](O)[C@H](O)[C@@H]1O. The van der Waals surface area contributed by atoms with Crippen LogP contribution in [0.1, 0.15) is 39.0 Å². The van der Waals surface area contributed by atoms with E-state index in [1.807, 2.05) is 6.92 Å². The van der Waals surface area contributed by atoms with Crippen molar-refractivity contribution in [3.05, 3.63) is 0 Å². The minimum Gasteiger partial charge on any atom is -0.394 e. The van der Waals surface area contributed by atoms with Crippen LogP contribution in [0.5, 0.6) is 0 Å². The van der Waals surface area contributed by atoms with Crippen LogP contribution in [-0.2, 0) is 4.74 Å². The van der Waals surface area contributed by atoms with E-state index < -0.39 is 42.9 Å². The number of rotatable bonds is 7. The lowest BCUT2D eigenvalue weighted by atomic mass is 9.88. The maximum absolute atomic E-state index is 10.2. The zero-order valence-corrected chi connectivity index (χ0v) is 11.7. The van der Waals surface area contributed by atoms with Crippen molar-refractivity contribution in [2.75, 3.05) is 6.61 Å². The molecular formula is C13H26O7. The molecule has 1 aliphatic heterocycles. The van der Waals surface area contributed by atoms with Gasteiger partial charge in [-0.2, -0.15) is 0 Å². The predicted molar refractivity (Wildman–Crippen MR) is 69.7 cm³/mol.